The van der Waals surface area contributed by atoms with E-state index in [2.05, 4.69) is 4.84 Å². The minimum absolute atomic E-state index is 0.0694. The van der Waals surface area contributed by atoms with E-state index in [9.17, 15) is 8.42 Å². The monoisotopic (exact) mass is 195 g/mol. The molecule has 0 saturated carbocycles. The molecule has 4 nitrogen and oxygen atoms in total. The lowest BCUT2D eigenvalue weighted by molar-refractivity contribution is 0.105. The van der Waals surface area contributed by atoms with Crippen molar-refractivity contribution in [3.63, 3.8) is 0 Å². The number of hydrogen-bond acceptors (Lipinski definition) is 3. The first-order chi connectivity index (χ1) is 5.27. The normalized spacial score (nSPS) is 13.3. The summed E-state index contributed by atoms with van der Waals surface area (Å²) in [6.07, 6.45) is 0. The molecule has 74 valence electrons. The molecule has 0 atom stereocenters. The molecule has 0 rings (SSSR count). The summed E-state index contributed by atoms with van der Waals surface area (Å²) in [4.78, 5) is 6.64. The smallest absolute Gasteiger partial charge is 0.233 e. The molecule has 0 amide bonds. The van der Waals surface area contributed by atoms with E-state index in [4.69, 9.17) is 0 Å². The molecule has 0 aromatic heterocycles. The van der Waals surface area contributed by atoms with Gasteiger partial charge in [0.05, 0.1) is 12.4 Å². The van der Waals surface area contributed by atoms with Crippen molar-refractivity contribution >= 4 is 10.0 Å². The van der Waals surface area contributed by atoms with E-state index in [1.54, 1.807) is 6.92 Å². The van der Waals surface area contributed by atoms with Crippen molar-refractivity contribution in [1.29, 1.82) is 0 Å². The third kappa shape index (κ3) is 6.57. The van der Waals surface area contributed by atoms with E-state index in [0.717, 1.165) is 0 Å². The number of sulfonamides is 1. The summed E-state index contributed by atoms with van der Waals surface area (Å²) < 4.78 is 22.3. The summed E-state index contributed by atoms with van der Waals surface area (Å²) >= 11 is 0. The molecule has 1 N–H and O–H groups in total. The lowest BCUT2D eigenvalue weighted by Crippen LogP contribution is -2.32. The summed E-state index contributed by atoms with van der Waals surface area (Å²) in [6, 6.07) is 0. The van der Waals surface area contributed by atoms with E-state index < -0.39 is 10.0 Å². The van der Waals surface area contributed by atoms with E-state index in [0.29, 0.717) is 6.61 Å². The van der Waals surface area contributed by atoms with Crippen molar-refractivity contribution in [3.05, 3.63) is 0 Å². The van der Waals surface area contributed by atoms with Gasteiger partial charge in [0.25, 0.3) is 0 Å². The number of nitrogens with one attached hydrogen (secondary N) is 1. The zero-order valence-corrected chi connectivity index (χ0v) is 8.86. The Balaban J connectivity index is 4.06. The molecule has 0 spiro atoms. The highest BCUT2D eigenvalue weighted by Gasteiger charge is 2.21. The summed E-state index contributed by atoms with van der Waals surface area (Å²) in [6.45, 7) is 7.64. The van der Waals surface area contributed by atoms with Gasteiger partial charge >= 0.3 is 0 Å². The van der Waals surface area contributed by atoms with E-state index in [-0.39, 0.29) is 11.2 Å². The van der Waals surface area contributed by atoms with Crippen LogP contribution in [0.15, 0.2) is 0 Å². The maximum Gasteiger partial charge on any atom is 0.233 e. The topological polar surface area (TPSA) is 55.4 Å². The number of rotatable bonds is 4. The second-order valence-corrected chi connectivity index (χ2v) is 5.52. The second kappa shape index (κ2) is 4.20. The molecule has 0 aliphatic carbocycles. The van der Waals surface area contributed by atoms with Crippen molar-refractivity contribution in [2.75, 3.05) is 12.4 Å². The minimum Gasteiger partial charge on any atom is -0.287 e. The van der Waals surface area contributed by atoms with Crippen molar-refractivity contribution < 1.29 is 13.3 Å². The van der Waals surface area contributed by atoms with Crippen LogP contribution in [0.4, 0.5) is 0 Å². The quantitative estimate of drug-likeness (QED) is 0.678. The van der Waals surface area contributed by atoms with Crippen LogP contribution < -0.4 is 4.89 Å². The van der Waals surface area contributed by atoms with Gasteiger partial charge in [0.2, 0.25) is 10.0 Å². The molecule has 12 heavy (non-hydrogen) atoms. The zero-order valence-electron chi connectivity index (χ0n) is 8.05. The average Bonchev–Trinajstić information content (AvgIpc) is 1.78. The van der Waals surface area contributed by atoms with Crippen LogP contribution in [0.3, 0.4) is 0 Å². The fourth-order valence-corrected chi connectivity index (χ4v) is 2.24. The maximum atomic E-state index is 11.2. The highest BCUT2D eigenvalue weighted by Crippen LogP contribution is 2.14. The Morgan fingerprint density at radius 2 is 1.83 bits per heavy atom. The minimum atomic E-state index is -3.27. The molecule has 0 fully saturated rings. The third-order valence-corrected chi connectivity index (χ3v) is 2.57. The van der Waals surface area contributed by atoms with E-state index >= 15 is 0 Å². The van der Waals surface area contributed by atoms with E-state index in [1.807, 2.05) is 25.7 Å². The van der Waals surface area contributed by atoms with Gasteiger partial charge in [0.15, 0.2) is 0 Å². The van der Waals surface area contributed by atoms with Gasteiger partial charge in [-0.15, -0.1) is 0 Å². The van der Waals surface area contributed by atoms with Crippen molar-refractivity contribution in [1.82, 2.24) is 4.89 Å². The standard InChI is InChI=1S/C7H17NO3S/c1-5-11-8-12(9,10)6-7(2,3)4/h8H,5-6H2,1-4H3. The lowest BCUT2D eigenvalue weighted by atomic mass is 10.0. The first-order valence-corrected chi connectivity index (χ1v) is 5.53. The van der Waals surface area contributed by atoms with Gasteiger partial charge in [-0.05, 0) is 12.3 Å². The highest BCUT2D eigenvalue weighted by molar-refractivity contribution is 7.89. The summed E-state index contributed by atoms with van der Waals surface area (Å²) in [7, 11) is -3.27. The molecular formula is C7H17NO3S. The molecule has 0 radical (unpaired) electrons. The fourth-order valence-electron chi connectivity index (χ4n) is 0.748. The van der Waals surface area contributed by atoms with Gasteiger partial charge in [0.1, 0.15) is 0 Å². The van der Waals surface area contributed by atoms with Crippen molar-refractivity contribution in [3.8, 4) is 0 Å². The lowest BCUT2D eigenvalue weighted by Gasteiger charge is -2.17. The SMILES string of the molecule is CCONS(=O)(=O)CC(C)(C)C. The van der Waals surface area contributed by atoms with E-state index in [1.165, 1.54) is 0 Å². The maximum absolute atomic E-state index is 11.2. The van der Waals surface area contributed by atoms with Crippen LogP contribution in [0, 0.1) is 5.41 Å². The molecule has 0 aliphatic heterocycles. The van der Waals surface area contributed by atoms with Crippen LogP contribution in [0.1, 0.15) is 27.7 Å². The van der Waals surface area contributed by atoms with Crippen LogP contribution in [-0.4, -0.2) is 20.8 Å². The van der Waals surface area contributed by atoms with Crippen LogP contribution in [0.25, 0.3) is 0 Å². The molecular weight excluding hydrogens is 178 g/mol. The van der Waals surface area contributed by atoms with Gasteiger partial charge < -0.3 is 0 Å². The molecule has 0 unspecified atom stereocenters. The molecule has 5 heteroatoms. The first-order valence-electron chi connectivity index (χ1n) is 3.88. The molecule has 0 bridgehead atoms. The second-order valence-electron chi connectivity index (χ2n) is 3.84. The fraction of sp³-hybridized carbons (Fsp3) is 1.00. The van der Waals surface area contributed by atoms with Crippen molar-refractivity contribution in [2.24, 2.45) is 5.41 Å². The Morgan fingerprint density at radius 1 is 1.33 bits per heavy atom. The van der Waals surface area contributed by atoms with Gasteiger partial charge in [-0.2, -0.15) is 0 Å². The number of hydrogen-bond donors (Lipinski definition) is 1. The molecule has 0 heterocycles. The predicted octanol–water partition coefficient (Wildman–Crippen LogP) is 0.903. The Bertz CT molecular complexity index is 215. The summed E-state index contributed by atoms with van der Waals surface area (Å²) in [5.41, 5.74) is -0.247. The molecule has 0 aliphatic rings. The van der Waals surface area contributed by atoms with Crippen LogP contribution in [0.2, 0.25) is 0 Å². The summed E-state index contributed by atoms with van der Waals surface area (Å²) in [5, 5.41) is 0. The average molecular weight is 195 g/mol. The van der Waals surface area contributed by atoms with Crippen LogP contribution in [-0.2, 0) is 14.9 Å². The first kappa shape index (κ1) is 11.9. The largest absolute Gasteiger partial charge is 0.287 e. The van der Waals surface area contributed by atoms with Gasteiger partial charge in [-0.3, -0.25) is 4.84 Å². The zero-order chi connectivity index (χ0) is 9.83. The van der Waals surface area contributed by atoms with Crippen LogP contribution >= 0.6 is 0 Å². The van der Waals surface area contributed by atoms with Gasteiger partial charge in [-0.1, -0.05) is 25.7 Å². The third-order valence-electron chi connectivity index (χ3n) is 0.953. The highest BCUT2D eigenvalue weighted by atomic mass is 32.2. The molecule has 0 aromatic carbocycles. The van der Waals surface area contributed by atoms with Crippen molar-refractivity contribution in [2.45, 2.75) is 27.7 Å². The predicted molar refractivity (Wildman–Crippen MR) is 48.0 cm³/mol. The van der Waals surface area contributed by atoms with Gasteiger partial charge in [0, 0.05) is 0 Å². The van der Waals surface area contributed by atoms with Gasteiger partial charge in [-0.25, -0.2) is 8.42 Å². The molecule has 0 saturated heterocycles. The Labute approximate surface area is 74.3 Å². The summed E-state index contributed by atoms with van der Waals surface area (Å²) in [5.74, 6) is 0.0694. The Hall–Kier alpha value is -0.130. The van der Waals surface area contributed by atoms with Crippen LogP contribution in [0.5, 0.6) is 0 Å². The Morgan fingerprint density at radius 3 is 2.17 bits per heavy atom. The Kier molecular flexibility index (Phi) is 4.16. The molecule has 0 aromatic rings.